The van der Waals surface area contributed by atoms with Crippen molar-refractivity contribution in [2.45, 2.75) is 0 Å². The van der Waals surface area contributed by atoms with Crippen LogP contribution < -0.4 is 10.5 Å². The molecule has 0 bridgehead atoms. The number of rotatable bonds is 5. The number of aromatic nitrogens is 2. The molecule has 1 heterocycles. The number of nitrogen functional groups attached to an aromatic ring is 1. The highest BCUT2D eigenvalue weighted by Crippen LogP contribution is 2.13. The number of nitrogens with zero attached hydrogens (tertiary/aromatic N) is 3. The molecule has 0 saturated carbocycles. The predicted molar refractivity (Wildman–Crippen MR) is 76.5 cm³/mol. The topological polar surface area (TPSA) is 73.4 Å². The number of carbonyl (C=O) groups excluding carboxylic acids is 1. The highest BCUT2D eigenvalue weighted by atomic mass is 19.1. The molecule has 6 nitrogen and oxygen atoms in total. The molecular formula is C14H17FN4O2. The van der Waals surface area contributed by atoms with Gasteiger partial charge < -0.3 is 15.4 Å². The molecular weight excluding hydrogens is 275 g/mol. The fourth-order valence-corrected chi connectivity index (χ4v) is 1.86. The molecule has 112 valence electrons. The summed E-state index contributed by atoms with van der Waals surface area (Å²) in [4.78, 5) is 13.7. The minimum atomic E-state index is -0.361. The lowest BCUT2D eigenvalue weighted by atomic mass is 10.3. The lowest BCUT2D eigenvalue weighted by Gasteiger charge is -2.18. The van der Waals surface area contributed by atoms with Gasteiger partial charge in [0.15, 0.2) is 0 Å². The van der Waals surface area contributed by atoms with Crippen molar-refractivity contribution in [2.24, 2.45) is 7.05 Å². The number of hydrogen-bond acceptors (Lipinski definition) is 4. The maximum atomic E-state index is 13.0. The van der Waals surface area contributed by atoms with Gasteiger partial charge in [-0.2, -0.15) is 5.10 Å². The highest BCUT2D eigenvalue weighted by molar-refractivity contribution is 5.97. The summed E-state index contributed by atoms with van der Waals surface area (Å²) in [6, 6.07) is 5.86. The zero-order chi connectivity index (χ0) is 15.4. The largest absolute Gasteiger partial charge is 0.492 e. The monoisotopic (exact) mass is 292 g/mol. The van der Waals surface area contributed by atoms with Gasteiger partial charge in [-0.05, 0) is 12.1 Å². The van der Waals surface area contributed by atoms with Crippen LogP contribution in [-0.4, -0.2) is 40.8 Å². The number of aryl methyl sites for hydroxylation is 1. The molecule has 2 aromatic rings. The van der Waals surface area contributed by atoms with Crippen molar-refractivity contribution >= 4 is 11.6 Å². The number of benzene rings is 1. The Morgan fingerprint density at radius 1 is 1.52 bits per heavy atom. The number of anilines is 1. The third-order valence-corrected chi connectivity index (χ3v) is 3.01. The minimum Gasteiger partial charge on any atom is -0.492 e. The van der Waals surface area contributed by atoms with Crippen LogP contribution in [0.15, 0.2) is 30.5 Å². The van der Waals surface area contributed by atoms with Gasteiger partial charge in [0, 0.05) is 20.2 Å². The molecule has 0 aliphatic heterocycles. The Hall–Kier alpha value is -2.57. The molecule has 0 spiro atoms. The van der Waals surface area contributed by atoms with Crippen LogP contribution in [0.1, 0.15) is 10.5 Å². The van der Waals surface area contributed by atoms with E-state index in [0.717, 1.165) is 0 Å². The van der Waals surface area contributed by atoms with E-state index in [1.807, 2.05) is 0 Å². The number of likely N-dealkylation sites (N-methyl/N-ethyl adjacent to an activating group) is 1. The van der Waals surface area contributed by atoms with Crippen LogP contribution in [0, 0.1) is 5.82 Å². The van der Waals surface area contributed by atoms with Crippen molar-refractivity contribution in [1.82, 2.24) is 14.7 Å². The second-order valence-electron chi connectivity index (χ2n) is 4.60. The first kappa shape index (κ1) is 14.8. The summed E-state index contributed by atoms with van der Waals surface area (Å²) in [6.07, 6.45) is 1.43. The van der Waals surface area contributed by atoms with E-state index in [4.69, 9.17) is 10.5 Å². The third kappa shape index (κ3) is 3.50. The van der Waals surface area contributed by atoms with Crippen LogP contribution in [0.5, 0.6) is 5.75 Å². The molecule has 0 radical (unpaired) electrons. The van der Waals surface area contributed by atoms with Gasteiger partial charge in [-0.25, -0.2) is 4.39 Å². The fourth-order valence-electron chi connectivity index (χ4n) is 1.86. The van der Waals surface area contributed by atoms with Crippen LogP contribution >= 0.6 is 0 Å². The van der Waals surface area contributed by atoms with E-state index in [1.165, 1.54) is 27.9 Å². The molecule has 21 heavy (non-hydrogen) atoms. The number of carbonyl (C=O) groups is 1. The van der Waals surface area contributed by atoms with Gasteiger partial charge in [0.05, 0.1) is 18.4 Å². The van der Waals surface area contributed by atoms with Crippen molar-refractivity contribution < 1.29 is 13.9 Å². The van der Waals surface area contributed by atoms with E-state index >= 15 is 0 Å². The van der Waals surface area contributed by atoms with Gasteiger partial charge in [0.1, 0.15) is 23.9 Å². The Bertz CT molecular complexity index is 622. The minimum absolute atomic E-state index is 0.240. The lowest BCUT2D eigenvalue weighted by molar-refractivity contribution is 0.0764. The second kappa shape index (κ2) is 6.25. The summed E-state index contributed by atoms with van der Waals surface area (Å²) in [5.74, 6) is -0.175. The first-order valence-electron chi connectivity index (χ1n) is 6.40. The average Bonchev–Trinajstić information content (AvgIpc) is 2.77. The number of halogens is 1. The summed E-state index contributed by atoms with van der Waals surface area (Å²) >= 11 is 0. The van der Waals surface area contributed by atoms with Gasteiger partial charge in [0.25, 0.3) is 5.91 Å². The summed E-state index contributed by atoms with van der Waals surface area (Å²) in [5, 5.41) is 3.93. The summed E-state index contributed by atoms with van der Waals surface area (Å²) < 4.78 is 19.8. The summed E-state index contributed by atoms with van der Waals surface area (Å²) in [6.45, 7) is 0.601. The molecule has 0 saturated heterocycles. The molecule has 1 amide bonds. The smallest absolute Gasteiger partial charge is 0.274 e. The van der Waals surface area contributed by atoms with Crippen molar-refractivity contribution in [1.29, 1.82) is 0 Å². The predicted octanol–water partition coefficient (Wildman–Crippen LogP) is 1.29. The van der Waals surface area contributed by atoms with Crippen LogP contribution in [0.4, 0.5) is 10.1 Å². The van der Waals surface area contributed by atoms with Crippen molar-refractivity contribution in [3.8, 4) is 5.75 Å². The van der Waals surface area contributed by atoms with E-state index in [2.05, 4.69) is 5.10 Å². The molecule has 0 fully saturated rings. The Kier molecular flexibility index (Phi) is 4.42. The standard InChI is InChI=1S/C14H17FN4O2/c1-18(14(20)13-12(16)9-17-19(13)2)6-7-21-11-5-3-4-10(15)8-11/h3-5,8-9H,6-7,16H2,1-2H3. The van der Waals surface area contributed by atoms with Gasteiger partial charge in [-0.15, -0.1) is 0 Å². The van der Waals surface area contributed by atoms with Gasteiger partial charge in [0.2, 0.25) is 0 Å². The van der Waals surface area contributed by atoms with Gasteiger partial charge in [-0.1, -0.05) is 6.07 Å². The molecule has 2 rings (SSSR count). The first-order valence-corrected chi connectivity index (χ1v) is 6.40. The van der Waals surface area contributed by atoms with Crippen molar-refractivity contribution in [2.75, 3.05) is 25.9 Å². The van der Waals surface area contributed by atoms with E-state index < -0.39 is 0 Å². The van der Waals surface area contributed by atoms with Crippen LogP contribution in [0.25, 0.3) is 0 Å². The van der Waals surface area contributed by atoms with Crippen LogP contribution in [-0.2, 0) is 7.05 Å². The number of amides is 1. The maximum Gasteiger partial charge on any atom is 0.274 e. The van der Waals surface area contributed by atoms with Gasteiger partial charge in [-0.3, -0.25) is 9.48 Å². The Morgan fingerprint density at radius 2 is 2.29 bits per heavy atom. The zero-order valence-corrected chi connectivity index (χ0v) is 11.9. The van der Waals surface area contributed by atoms with Crippen LogP contribution in [0.2, 0.25) is 0 Å². The van der Waals surface area contributed by atoms with E-state index in [9.17, 15) is 9.18 Å². The molecule has 0 atom stereocenters. The van der Waals surface area contributed by atoms with E-state index in [-0.39, 0.29) is 18.3 Å². The number of ether oxygens (including phenoxy) is 1. The normalized spacial score (nSPS) is 10.4. The zero-order valence-electron chi connectivity index (χ0n) is 11.9. The molecule has 1 aromatic carbocycles. The third-order valence-electron chi connectivity index (χ3n) is 3.01. The SMILES string of the molecule is CN(CCOc1cccc(F)c1)C(=O)c1c(N)cnn1C. The average molecular weight is 292 g/mol. The Morgan fingerprint density at radius 3 is 2.90 bits per heavy atom. The molecule has 0 aliphatic carbocycles. The molecule has 1 aromatic heterocycles. The second-order valence-corrected chi connectivity index (χ2v) is 4.60. The van der Waals surface area contributed by atoms with Crippen LogP contribution in [0.3, 0.4) is 0 Å². The first-order chi connectivity index (χ1) is 9.99. The lowest BCUT2D eigenvalue weighted by Crippen LogP contribution is -2.32. The Labute approximate surface area is 121 Å². The van der Waals surface area contributed by atoms with E-state index in [1.54, 1.807) is 26.2 Å². The fraction of sp³-hybridized carbons (Fsp3) is 0.286. The molecule has 7 heteroatoms. The number of hydrogen-bond donors (Lipinski definition) is 1. The highest BCUT2D eigenvalue weighted by Gasteiger charge is 2.18. The quantitative estimate of drug-likeness (QED) is 0.901. The summed E-state index contributed by atoms with van der Waals surface area (Å²) in [5.41, 5.74) is 6.38. The molecule has 0 unspecified atom stereocenters. The Balaban J connectivity index is 1.90. The van der Waals surface area contributed by atoms with Crippen molar-refractivity contribution in [3.05, 3.63) is 42.0 Å². The van der Waals surface area contributed by atoms with Crippen molar-refractivity contribution in [3.63, 3.8) is 0 Å². The maximum absolute atomic E-state index is 13.0. The number of nitrogens with two attached hydrogens (primary N) is 1. The molecule has 0 aliphatic rings. The molecule has 2 N–H and O–H groups in total. The van der Waals surface area contributed by atoms with Gasteiger partial charge >= 0.3 is 0 Å². The van der Waals surface area contributed by atoms with E-state index in [0.29, 0.717) is 23.7 Å². The summed E-state index contributed by atoms with van der Waals surface area (Å²) in [7, 11) is 3.30.